The molecule has 1 aliphatic rings. The Morgan fingerprint density at radius 1 is 0.800 bits per heavy atom. The zero-order valence-corrected chi connectivity index (χ0v) is 15.3. The van der Waals surface area contributed by atoms with Crippen molar-refractivity contribution in [1.29, 1.82) is 0 Å². The molecule has 1 aliphatic heterocycles. The van der Waals surface area contributed by atoms with Gasteiger partial charge in [-0.25, -0.2) is 0 Å². The van der Waals surface area contributed by atoms with Gasteiger partial charge >= 0.3 is 0 Å². The number of imide groups is 1. The highest BCUT2D eigenvalue weighted by Crippen LogP contribution is 2.23. The van der Waals surface area contributed by atoms with E-state index in [1.807, 2.05) is 11.8 Å². The van der Waals surface area contributed by atoms with E-state index in [1.54, 1.807) is 24.3 Å². The van der Waals surface area contributed by atoms with Gasteiger partial charge in [-0.15, -0.1) is 11.8 Å². The van der Waals surface area contributed by atoms with Gasteiger partial charge in [-0.05, 0) is 49.8 Å². The van der Waals surface area contributed by atoms with E-state index in [-0.39, 0.29) is 11.8 Å². The second-order valence-electron chi connectivity index (χ2n) is 6.38. The molecule has 0 saturated heterocycles. The van der Waals surface area contributed by atoms with Crippen LogP contribution in [0.15, 0.2) is 53.4 Å². The lowest BCUT2D eigenvalue weighted by atomic mass is 10.1. The van der Waals surface area contributed by atoms with E-state index in [0.717, 1.165) is 31.4 Å². The molecule has 0 fully saturated rings. The van der Waals surface area contributed by atoms with Crippen molar-refractivity contribution in [3.8, 4) is 0 Å². The summed E-state index contributed by atoms with van der Waals surface area (Å²) in [6, 6.07) is 15.7. The maximum Gasteiger partial charge on any atom is 0.261 e. The van der Waals surface area contributed by atoms with Crippen molar-refractivity contribution in [3.05, 3.63) is 65.2 Å². The number of carbonyl (C=O) groups excluding carboxylic acids is 2. The number of unbranched alkanes of at least 4 members (excludes halogenated alkanes) is 3. The minimum atomic E-state index is -0.143. The fourth-order valence-corrected chi connectivity index (χ4v) is 3.90. The first-order chi connectivity index (χ1) is 12.2. The van der Waals surface area contributed by atoms with Gasteiger partial charge < -0.3 is 0 Å². The molecule has 3 nitrogen and oxygen atoms in total. The minimum absolute atomic E-state index is 0.143. The van der Waals surface area contributed by atoms with Crippen LogP contribution in [0.1, 0.15) is 52.0 Å². The summed E-state index contributed by atoms with van der Waals surface area (Å²) in [6.07, 6.45) is 4.20. The summed E-state index contributed by atoms with van der Waals surface area (Å²) < 4.78 is 0. The van der Waals surface area contributed by atoms with E-state index >= 15 is 0 Å². The molecular weight excluding hydrogens is 330 g/mol. The van der Waals surface area contributed by atoms with Gasteiger partial charge in [0.05, 0.1) is 11.1 Å². The van der Waals surface area contributed by atoms with E-state index in [0.29, 0.717) is 17.7 Å². The monoisotopic (exact) mass is 353 g/mol. The Hall–Kier alpha value is -2.07. The van der Waals surface area contributed by atoms with Gasteiger partial charge in [-0.2, -0.15) is 0 Å². The predicted molar refractivity (Wildman–Crippen MR) is 102 cm³/mol. The summed E-state index contributed by atoms with van der Waals surface area (Å²) in [7, 11) is 0. The number of benzene rings is 2. The van der Waals surface area contributed by atoms with Crippen LogP contribution in [-0.4, -0.2) is 29.0 Å². The highest BCUT2D eigenvalue weighted by atomic mass is 32.2. The third kappa shape index (κ3) is 4.31. The van der Waals surface area contributed by atoms with E-state index in [4.69, 9.17) is 0 Å². The van der Waals surface area contributed by atoms with Crippen LogP contribution < -0.4 is 0 Å². The van der Waals surface area contributed by atoms with Crippen LogP contribution in [0.2, 0.25) is 0 Å². The highest BCUT2D eigenvalue weighted by molar-refractivity contribution is 7.99. The molecule has 2 amide bonds. The van der Waals surface area contributed by atoms with E-state index < -0.39 is 0 Å². The number of hydrogen-bond donors (Lipinski definition) is 0. The molecule has 0 N–H and O–H groups in total. The fraction of sp³-hybridized carbons (Fsp3) is 0.333. The van der Waals surface area contributed by atoms with Crippen LogP contribution in [0, 0.1) is 6.92 Å². The SMILES string of the molecule is Cc1ccc(SCCCCCCN2C(=O)c3ccccc3C2=O)cc1. The number of thioether (sulfide) groups is 1. The van der Waals surface area contributed by atoms with Gasteiger partial charge in [-0.3, -0.25) is 14.5 Å². The molecular formula is C21H23NO2S. The topological polar surface area (TPSA) is 37.4 Å². The van der Waals surface area contributed by atoms with Crippen molar-refractivity contribution in [1.82, 2.24) is 4.90 Å². The van der Waals surface area contributed by atoms with Crippen molar-refractivity contribution >= 4 is 23.6 Å². The van der Waals surface area contributed by atoms with Gasteiger partial charge in [-0.1, -0.05) is 42.7 Å². The first-order valence-electron chi connectivity index (χ1n) is 8.81. The summed E-state index contributed by atoms with van der Waals surface area (Å²) in [5, 5.41) is 0. The number of aryl methyl sites for hydroxylation is 1. The Kier molecular flexibility index (Phi) is 5.92. The zero-order chi connectivity index (χ0) is 17.6. The van der Waals surface area contributed by atoms with Crippen LogP contribution in [0.25, 0.3) is 0 Å². The molecule has 1 heterocycles. The molecule has 0 aromatic heterocycles. The molecule has 0 aliphatic carbocycles. The lowest BCUT2D eigenvalue weighted by Gasteiger charge is -2.13. The molecule has 0 bridgehead atoms. The van der Waals surface area contributed by atoms with Crippen molar-refractivity contribution in [2.24, 2.45) is 0 Å². The van der Waals surface area contributed by atoms with Crippen molar-refractivity contribution in [2.45, 2.75) is 37.5 Å². The lowest BCUT2D eigenvalue weighted by Crippen LogP contribution is -2.30. The molecule has 0 spiro atoms. The summed E-state index contributed by atoms with van der Waals surface area (Å²) in [5.41, 5.74) is 2.38. The first-order valence-corrected chi connectivity index (χ1v) is 9.80. The predicted octanol–water partition coefficient (Wildman–Crippen LogP) is 4.94. The Morgan fingerprint density at radius 3 is 2.04 bits per heavy atom. The number of rotatable bonds is 8. The van der Waals surface area contributed by atoms with Crippen LogP contribution in [0.5, 0.6) is 0 Å². The molecule has 3 rings (SSSR count). The van der Waals surface area contributed by atoms with Crippen molar-refractivity contribution in [3.63, 3.8) is 0 Å². The molecule has 2 aromatic rings. The maximum absolute atomic E-state index is 12.3. The summed E-state index contributed by atoms with van der Waals surface area (Å²) in [6.45, 7) is 2.63. The van der Waals surface area contributed by atoms with E-state index in [9.17, 15) is 9.59 Å². The number of amides is 2. The Labute approximate surface area is 153 Å². The minimum Gasteiger partial charge on any atom is -0.274 e. The largest absolute Gasteiger partial charge is 0.274 e. The van der Waals surface area contributed by atoms with Crippen molar-refractivity contribution in [2.75, 3.05) is 12.3 Å². The molecule has 130 valence electrons. The van der Waals surface area contributed by atoms with Gasteiger partial charge in [0.1, 0.15) is 0 Å². The Balaban J connectivity index is 1.33. The smallest absolute Gasteiger partial charge is 0.261 e. The van der Waals surface area contributed by atoms with E-state index in [2.05, 4.69) is 31.2 Å². The van der Waals surface area contributed by atoms with Crippen LogP contribution in [-0.2, 0) is 0 Å². The molecule has 0 atom stereocenters. The maximum atomic E-state index is 12.3. The molecule has 2 aromatic carbocycles. The average Bonchev–Trinajstić information content (AvgIpc) is 2.87. The summed E-state index contributed by atoms with van der Waals surface area (Å²) >= 11 is 1.89. The molecule has 0 unspecified atom stereocenters. The number of nitrogens with zero attached hydrogens (tertiary/aromatic N) is 1. The summed E-state index contributed by atoms with van der Waals surface area (Å²) in [4.78, 5) is 27.2. The van der Waals surface area contributed by atoms with Gasteiger partial charge in [0, 0.05) is 11.4 Å². The van der Waals surface area contributed by atoms with Crippen molar-refractivity contribution < 1.29 is 9.59 Å². The standard InChI is InChI=1S/C21H23NO2S/c1-16-10-12-17(13-11-16)25-15-7-3-2-6-14-22-20(23)18-8-4-5-9-19(18)21(22)24/h4-5,8-13H,2-3,6-7,14-15H2,1H3. The lowest BCUT2D eigenvalue weighted by molar-refractivity contribution is 0.0651. The molecule has 25 heavy (non-hydrogen) atoms. The van der Waals surface area contributed by atoms with Crippen LogP contribution in [0.3, 0.4) is 0 Å². The number of hydrogen-bond acceptors (Lipinski definition) is 3. The number of fused-ring (bicyclic) bond motifs is 1. The third-order valence-electron chi connectivity index (χ3n) is 4.44. The van der Waals surface area contributed by atoms with E-state index in [1.165, 1.54) is 15.4 Å². The zero-order valence-electron chi connectivity index (χ0n) is 14.5. The van der Waals surface area contributed by atoms with Crippen LogP contribution >= 0.6 is 11.8 Å². The third-order valence-corrected chi connectivity index (χ3v) is 5.54. The number of carbonyl (C=O) groups is 2. The molecule has 0 radical (unpaired) electrons. The highest BCUT2D eigenvalue weighted by Gasteiger charge is 2.34. The van der Waals surface area contributed by atoms with Gasteiger partial charge in [0.2, 0.25) is 0 Å². The van der Waals surface area contributed by atoms with Gasteiger partial charge in [0.25, 0.3) is 11.8 Å². The Bertz CT molecular complexity index is 720. The fourth-order valence-electron chi connectivity index (χ4n) is 2.99. The Morgan fingerprint density at radius 2 is 1.40 bits per heavy atom. The van der Waals surface area contributed by atoms with Gasteiger partial charge in [0.15, 0.2) is 0 Å². The molecule has 0 saturated carbocycles. The average molecular weight is 353 g/mol. The first kappa shape index (κ1) is 17.7. The second-order valence-corrected chi connectivity index (χ2v) is 7.55. The normalized spacial score (nSPS) is 13.4. The summed E-state index contributed by atoms with van der Waals surface area (Å²) in [5.74, 6) is 0.821. The molecule has 4 heteroatoms. The quantitative estimate of drug-likeness (QED) is 0.383. The second kappa shape index (κ2) is 8.34. The van der Waals surface area contributed by atoms with Crippen LogP contribution in [0.4, 0.5) is 0 Å².